The summed E-state index contributed by atoms with van der Waals surface area (Å²) in [5, 5.41) is 7.17. The molecule has 0 fully saturated rings. The molecule has 1 rings (SSSR count). The lowest BCUT2D eigenvalue weighted by Gasteiger charge is -2.12. The second-order valence-corrected chi connectivity index (χ2v) is 4.95. The minimum Gasteiger partial charge on any atom is -0.363 e. The van der Waals surface area contributed by atoms with Gasteiger partial charge < -0.3 is 15.2 Å². The lowest BCUT2D eigenvalue weighted by atomic mass is 10.2. The topological polar surface area (TPSA) is 41.9 Å². The molecular formula is C12H22N4S. The first kappa shape index (κ1) is 14.0. The summed E-state index contributed by atoms with van der Waals surface area (Å²) >= 11 is 5.16. The number of imidazole rings is 1. The molecule has 0 bridgehead atoms. The number of aryl methyl sites for hydroxylation is 1. The summed E-state index contributed by atoms with van der Waals surface area (Å²) in [7, 11) is 0. The third-order valence-electron chi connectivity index (χ3n) is 2.36. The van der Waals surface area contributed by atoms with Crippen LogP contribution in [0.4, 0.5) is 0 Å². The Balaban J connectivity index is 1.95. The van der Waals surface area contributed by atoms with Crippen molar-refractivity contribution < 1.29 is 0 Å². The van der Waals surface area contributed by atoms with Crippen molar-refractivity contribution in [2.24, 2.45) is 5.92 Å². The largest absolute Gasteiger partial charge is 0.363 e. The number of rotatable bonds is 7. The van der Waals surface area contributed by atoms with Gasteiger partial charge in [0.25, 0.3) is 0 Å². The van der Waals surface area contributed by atoms with Crippen LogP contribution in [-0.4, -0.2) is 27.8 Å². The predicted octanol–water partition coefficient (Wildman–Crippen LogP) is 1.78. The van der Waals surface area contributed by atoms with Crippen LogP contribution in [0, 0.1) is 5.92 Å². The van der Waals surface area contributed by atoms with Crippen molar-refractivity contribution in [2.45, 2.75) is 33.2 Å². The summed E-state index contributed by atoms with van der Waals surface area (Å²) in [5.74, 6) is 0.621. The fourth-order valence-electron chi connectivity index (χ4n) is 1.40. The Morgan fingerprint density at radius 2 is 2.18 bits per heavy atom. The summed E-state index contributed by atoms with van der Waals surface area (Å²) < 4.78 is 2.09. The third-order valence-corrected chi connectivity index (χ3v) is 2.65. The van der Waals surface area contributed by atoms with E-state index in [1.807, 2.05) is 18.7 Å². The average Bonchev–Trinajstić information content (AvgIpc) is 2.79. The summed E-state index contributed by atoms with van der Waals surface area (Å²) in [5.41, 5.74) is 0. The molecule has 1 aromatic heterocycles. The van der Waals surface area contributed by atoms with Crippen molar-refractivity contribution in [2.75, 3.05) is 13.1 Å². The van der Waals surface area contributed by atoms with Gasteiger partial charge in [0, 0.05) is 32.0 Å². The van der Waals surface area contributed by atoms with Crippen molar-refractivity contribution in [3.05, 3.63) is 18.7 Å². The Morgan fingerprint density at radius 1 is 1.35 bits per heavy atom. The number of thiocarbonyl (C=S) groups is 1. The van der Waals surface area contributed by atoms with E-state index in [2.05, 4.69) is 34.0 Å². The van der Waals surface area contributed by atoms with Gasteiger partial charge >= 0.3 is 0 Å². The van der Waals surface area contributed by atoms with E-state index in [1.54, 1.807) is 0 Å². The normalized spacial score (nSPS) is 10.5. The van der Waals surface area contributed by atoms with Crippen LogP contribution >= 0.6 is 12.2 Å². The predicted molar refractivity (Wildman–Crippen MR) is 74.9 cm³/mol. The highest BCUT2D eigenvalue weighted by molar-refractivity contribution is 7.80. The molecule has 96 valence electrons. The Labute approximate surface area is 109 Å². The highest BCUT2D eigenvalue weighted by Gasteiger charge is 1.97. The monoisotopic (exact) mass is 254 g/mol. The standard InChI is InChI=1S/C12H22N4S/c1-11(2)9-15-12(17)14-5-3-4-7-16-8-6-13-10-16/h6,8,10-11H,3-5,7,9H2,1-2H3,(H2,14,15,17). The van der Waals surface area contributed by atoms with Crippen LogP contribution in [0.2, 0.25) is 0 Å². The maximum Gasteiger partial charge on any atom is 0.166 e. The van der Waals surface area contributed by atoms with E-state index in [1.165, 1.54) is 0 Å². The van der Waals surface area contributed by atoms with Crippen LogP contribution in [0.25, 0.3) is 0 Å². The number of nitrogens with one attached hydrogen (secondary N) is 2. The highest BCUT2D eigenvalue weighted by atomic mass is 32.1. The molecule has 0 aliphatic rings. The number of hydrogen-bond acceptors (Lipinski definition) is 2. The summed E-state index contributed by atoms with van der Waals surface area (Å²) in [6.07, 6.45) is 7.89. The van der Waals surface area contributed by atoms with E-state index in [4.69, 9.17) is 12.2 Å². The Morgan fingerprint density at radius 3 is 2.82 bits per heavy atom. The summed E-state index contributed by atoms with van der Waals surface area (Å²) in [6, 6.07) is 0. The molecule has 0 aromatic carbocycles. The highest BCUT2D eigenvalue weighted by Crippen LogP contribution is 1.94. The van der Waals surface area contributed by atoms with Crippen molar-refractivity contribution in [3.8, 4) is 0 Å². The molecule has 0 spiro atoms. The van der Waals surface area contributed by atoms with Gasteiger partial charge in [0.2, 0.25) is 0 Å². The van der Waals surface area contributed by atoms with E-state index in [9.17, 15) is 0 Å². The van der Waals surface area contributed by atoms with Crippen LogP contribution in [0.1, 0.15) is 26.7 Å². The van der Waals surface area contributed by atoms with Crippen LogP contribution in [0.3, 0.4) is 0 Å². The lowest BCUT2D eigenvalue weighted by Crippen LogP contribution is -2.37. The van der Waals surface area contributed by atoms with E-state index in [0.29, 0.717) is 5.92 Å². The van der Waals surface area contributed by atoms with Crippen LogP contribution in [0.15, 0.2) is 18.7 Å². The molecule has 0 saturated carbocycles. The maximum atomic E-state index is 5.16. The second kappa shape index (κ2) is 8.06. The summed E-state index contributed by atoms with van der Waals surface area (Å²) in [4.78, 5) is 4.01. The number of hydrogen-bond donors (Lipinski definition) is 2. The summed E-state index contributed by atoms with van der Waals surface area (Å²) in [6.45, 7) is 7.22. The maximum absolute atomic E-state index is 5.16. The Kier molecular flexibility index (Phi) is 6.62. The molecule has 0 atom stereocenters. The van der Waals surface area contributed by atoms with Gasteiger partial charge in [0.15, 0.2) is 5.11 Å². The van der Waals surface area contributed by atoms with E-state index >= 15 is 0 Å². The van der Waals surface area contributed by atoms with Gasteiger partial charge in [0.1, 0.15) is 0 Å². The first-order valence-electron chi connectivity index (χ1n) is 6.16. The molecule has 2 N–H and O–H groups in total. The van der Waals surface area contributed by atoms with Gasteiger partial charge in [-0.05, 0) is 31.0 Å². The first-order chi connectivity index (χ1) is 8.18. The smallest absolute Gasteiger partial charge is 0.166 e. The van der Waals surface area contributed by atoms with Gasteiger partial charge in [0.05, 0.1) is 6.33 Å². The molecular weight excluding hydrogens is 232 g/mol. The minimum atomic E-state index is 0.621. The zero-order chi connectivity index (χ0) is 12.5. The van der Waals surface area contributed by atoms with Crippen LogP contribution in [-0.2, 0) is 6.54 Å². The number of unbranched alkanes of at least 4 members (excludes halogenated alkanes) is 1. The van der Waals surface area contributed by atoms with E-state index in [-0.39, 0.29) is 0 Å². The van der Waals surface area contributed by atoms with Crippen molar-refractivity contribution in [1.29, 1.82) is 0 Å². The molecule has 0 unspecified atom stereocenters. The number of nitrogens with zero attached hydrogens (tertiary/aromatic N) is 2. The van der Waals surface area contributed by atoms with Gasteiger partial charge in [-0.2, -0.15) is 0 Å². The van der Waals surface area contributed by atoms with Crippen molar-refractivity contribution in [3.63, 3.8) is 0 Å². The Hall–Kier alpha value is -1.10. The molecule has 0 aliphatic carbocycles. The second-order valence-electron chi connectivity index (χ2n) is 4.54. The SMILES string of the molecule is CC(C)CNC(=S)NCCCCn1ccnc1. The molecule has 0 radical (unpaired) electrons. The average molecular weight is 254 g/mol. The van der Waals surface area contributed by atoms with Gasteiger partial charge in [-0.1, -0.05) is 13.8 Å². The molecule has 0 amide bonds. The van der Waals surface area contributed by atoms with Crippen molar-refractivity contribution in [1.82, 2.24) is 20.2 Å². The van der Waals surface area contributed by atoms with Gasteiger partial charge in [-0.15, -0.1) is 0 Å². The fraction of sp³-hybridized carbons (Fsp3) is 0.667. The van der Waals surface area contributed by atoms with Crippen LogP contribution < -0.4 is 10.6 Å². The quantitative estimate of drug-likeness (QED) is 0.575. The molecule has 17 heavy (non-hydrogen) atoms. The molecule has 1 heterocycles. The number of aromatic nitrogens is 2. The lowest BCUT2D eigenvalue weighted by molar-refractivity contribution is 0.592. The Bertz CT molecular complexity index is 308. The molecule has 4 nitrogen and oxygen atoms in total. The third kappa shape index (κ3) is 6.94. The van der Waals surface area contributed by atoms with Gasteiger partial charge in [-0.3, -0.25) is 0 Å². The molecule has 1 aromatic rings. The van der Waals surface area contributed by atoms with E-state index in [0.717, 1.165) is 37.6 Å². The molecule has 0 saturated heterocycles. The molecule has 0 aliphatic heterocycles. The van der Waals surface area contributed by atoms with E-state index < -0.39 is 0 Å². The zero-order valence-electron chi connectivity index (χ0n) is 10.6. The molecule has 5 heteroatoms. The first-order valence-corrected chi connectivity index (χ1v) is 6.56. The minimum absolute atomic E-state index is 0.621. The fourth-order valence-corrected chi connectivity index (χ4v) is 1.59. The van der Waals surface area contributed by atoms with Crippen molar-refractivity contribution >= 4 is 17.3 Å². The van der Waals surface area contributed by atoms with Gasteiger partial charge in [-0.25, -0.2) is 4.98 Å². The zero-order valence-corrected chi connectivity index (χ0v) is 11.5. The van der Waals surface area contributed by atoms with Crippen LogP contribution in [0.5, 0.6) is 0 Å².